The van der Waals surface area contributed by atoms with Crippen LogP contribution in [0.3, 0.4) is 0 Å². The highest BCUT2D eigenvalue weighted by atomic mass is 35.5. The molecule has 6 nitrogen and oxygen atoms in total. The van der Waals surface area contributed by atoms with E-state index in [0.29, 0.717) is 31.2 Å². The van der Waals surface area contributed by atoms with Crippen LogP contribution in [-0.4, -0.2) is 44.9 Å². The van der Waals surface area contributed by atoms with Crippen LogP contribution >= 0.6 is 22.9 Å². The summed E-state index contributed by atoms with van der Waals surface area (Å²) in [5, 5.41) is 2.54. The topological polar surface area (TPSA) is 75.7 Å². The summed E-state index contributed by atoms with van der Waals surface area (Å²) in [4.78, 5) is 12.8. The van der Waals surface area contributed by atoms with Crippen molar-refractivity contribution in [3.63, 3.8) is 0 Å². The van der Waals surface area contributed by atoms with E-state index in [2.05, 4.69) is 5.32 Å². The monoisotopic (exact) mass is 418 g/mol. The third kappa shape index (κ3) is 4.24. The minimum absolute atomic E-state index is 0.132. The van der Waals surface area contributed by atoms with Crippen molar-refractivity contribution in [1.29, 1.82) is 0 Å². The van der Waals surface area contributed by atoms with Crippen molar-refractivity contribution >= 4 is 38.9 Å². The van der Waals surface area contributed by atoms with Crippen LogP contribution in [0.2, 0.25) is 5.02 Å². The Morgan fingerprint density at radius 1 is 1.27 bits per heavy atom. The number of carbonyl (C=O) groups excluding carboxylic acids is 1. The second-order valence-corrected chi connectivity index (χ2v) is 9.29. The van der Waals surface area contributed by atoms with E-state index in [9.17, 15) is 17.6 Å². The maximum Gasteiger partial charge on any atom is 0.252 e. The molecule has 0 unspecified atom stereocenters. The molecule has 1 aliphatic rings. The van der Waals surface area contributed by atoms with Gasteiger partial charge in [0.25, 0.3) is 15.9 Å². The Hall–Kier alpha value is -1.52. The summed E-state index contributed by atoms with van der Waals surface area (Å²) in [6.45, 7) is 1.59. The number of ether oxygens (including phenoxy) is 1. The average molecular weight is 419 g/mol. The fourth-order valence-electron chi connectivity index (χ4n) is 2.41. The highest BCUT2D eigenvalue weighted by Crippen LogP contribution is 2.25. The lowest BCUT2D eigenvalue weighted by atomic mass is 10.2. The molecule has 1 amide bonds. The minimum atomic E-state index is -3.54. The van der Waals surface area contributed by atoms with Crippen LogP contribution in [0.1, 0.15) is 15.2 Å². The highest BCUT2D eigenvalue weighted by molar-refractivity contribution is 7.91. The van der Waals surface area contributed by atoms with Gasteiger partial charge in [0.1, 0.15) is 10.0 Å². The summed E-state index contributed by atoms with van der Waals surface area (Å²) in [6, 6.07) is 6.89. The Morgan fingerprint density at radius 2 is 2.00 bits per heavy atom. The Balaban J connectivity index is 1.64. The molecule has 1 N–H and O–H groups in total. The Kier molecular flexibility index (Phi) is 5.93. The van der Waals surface area contributed by atoms with Crippen molar-refractivity contribution in [2.45, 2.75) is 10.8 Å². The van der Waals surface area contributed by atoms with Crippen molar-refractivity contribution in [3.8, 4) is 0 Å². The van der Waals surface area contributed by atoms with E-state index in [0.717, 1.165) is 17.4 Å². The largest absolute Gasteiger partial charge is 0.379 e. The van der Waals surface area contributed by atoms with Crippen LogP contribution in [0.5, 0.6) is 0 Å². The Labute approximate surface area is 159 Å². The average Bonchev–Trinajstić information content (AvgIpc) is 3.12. The molecule has 1 fully saturated rings. The van der Waals surface area contributed by atoms with Gasteiger partial charge in [-0.15, -0.1) is 11.3 Å². The van der Waals surface area contributed by atoms with Crippen LogP contribution in [0.4, 0.5) is 4.39 Å². The van der Waals surface area contributed by atoms with E-state index in [-0.39, 0.29) is 21.3 Å². The molecule has 0 atom stereocenters. The third-order valence-electron chi connectivity index (χ3n) is 3.81. The SMILES string of the molecule is O=C(NCc1ccc(S(=O)(=O)N2CCOCC2)s1)c1ccc(F)c(Cl)c1. The number of morpholine rings is 1. The predicted molar refractivity (Wildman–Crippen MR) is 96.5 cm³/mol. The van der Waals surface area contributed by atoms with Gasteiger partial charge in [-0.1, -0.05) is 11.6 Å². The van der Waals surface area contributed by atoms with Gasteiger partial charge in [-0.3, -0.25) is 4.79 Å². The van der Waals surface area contributed by atoms with E-state index >= 15 is 0 Å². The molecule has 2 aromatic rings. The number of sulfonamides is 1. The molecule has 10 heteroatoms. The first-order chi connectivity index (χ1) is 12.4. The lowest BCUT2D eigenvalue weighted by Gasteiger charge is -2.25. The van der Waals surface area contributed by atoms with Crippen LogP contribution in [0.25, 0.3) is 0 Å². The molecule has 2 heterocycles. The van der Waals surface area contributed by atoms with Gasteiger partial charge in [-0.2, -0.15) is 4.31 Å². The van der Waals surface area contributed by atoms with Gasteiger partial charge in [-0.05, 0) is 30.3 Å². The number of nitrogens with one attached hydrogen (secondary N) is 1. The van der Waals surface area contributed by atoms with Crippen LogP contribution in [0, 0.1) is 5.82 Å². The molecule has 0 spiro atoms. The summed E-state index contributed by atoms with van der Waals surface area (Å²) < 4.78 is 45.1. The number of rotatable bonds is 5. The molecule has 3 rings (SSSR count). The normalized spacial score (nSPS) is 15.8. The smallest absolute Gasteiger partial charge is 0.252 e. The van der Waals surface area contributed by atoms with E-state index in [4.69, 9.17) is 16.3 Å². The summed E-state index contributed by atoms with van der Waals surface area (Å²) in [7, 11) is -3.54. The van der Waals surface area contributed by atoms with Crippen molar-refractivity contribution in [2.75, 3.05) is 26.3 Å². The zero-order valence-electron chi connectivity index (χ0n) is 13.6. The molecular weight excluding hydrogens is 403 g/mol. The molecule has 1 saturated heterocycles. The zero-order valence-corrected chi connectivity index (χ0v) is 16.0. The van der Waals surface area contributed by atoms with E-state index in [1.807, 2.05) is 0 Å². The number of hydrogen-bond donors (Lipinski definition) is 1. The standard InChI is InChI=1S/C16H16ClFN2O4S2/c17-13-9-11(1-3-14(13)18)16(21)19-10-12-2-4-15(25-12)26(22,23)20-5-7-24-8-6-20/h1-4,9H,5-8,10H2,(H,19,21). The van der Waals surface area contributed by atoms with Crippen LogP contribution in [-0.2, 0) is 21.3 Å². The second-order valence-electron chi connectivity index (χ2n) is 5.55. The number of halogens is 2. The maximum atomic E-state index is 13.2. The summed E-state index contributed by atoms with van der Waals surface area (Å²) in [6.07, 6.45) is 0. The predicted octanol–water partition coefficient (Wildman–Crippen LogP) is 2.49. The molecule has 140 valence electrons. The Morgan fingerprint density at radius 3 is 2.69 bits per heavy atom. The lowest BCUT2D eigenvalue weighted by molar-refractivity contribution is 0.0731. The van der Waals surface area contributed by atoms with E-state index in [1.165, 1.54) is 22.5 Å². The van der Waals surface area contributed by atoms with E-state index in [1.54, 1.807) is 6.07 Å². The third-order valence-corrected chi connectivity index (χ3v) is 7.55. The fourth-order valence-corrected chi connectivity index (χ4v) is 5.45. The van der Waals surface area contributed by atoms with Crippen LogP contribution in [0.15, 0.2) is 34.5 Å². The van der Waals surface area contributed by atoms with Gasteiger partial charge >= 0.3 is 0 Å². The summed E-state index contributed by atoms with van der Waals surface area (Å²) in [5.41, 5.74) is 0.231. The number of amides is 1. The maximum absolute atomic E-state index is 13.2. The molecule has 26 heavy (non-hydrogen) atoms. The first kappa shape index (κ1) is 19.2. The van der Waals surface area contributed by atoms with Gasteiger partial charge in [0, 0.05) is 23.5 Å². The summed E-state index contributed by atoms with van der Waals surface area (Å²) in [5.74, 6) is -1.02. The second kappa shape index (κ2) is 8.01. The van der Waals surface area contributed by atoms with Gasteiger partial charge in [0.15, 0.2) is 0 Å². The van der Waals surface area contributed by atoms with Gasteiger partial charge in [0.05, 0.1) is 24.8 Å². The quantitative estimate of drug-likeness (QED) is 0.809. The number of carbonyl (C=O) groups is 1. The number of hydrogen-bond acceptors (Lipinski definition) is 5. The lowest BCUT2D eigenvalue weighted by Crippen LogP contribution is -2.40. The molecule has 0 aliphatic carbocycles. The minimum Gasteiger partial charge on any atom is -0.379 e. The number of nitrogens with zero attached hydrogens (tertiary/aromatic N) is 1. The van der Waals surface area contributed by atoms with Gasteiger partial charge in [0.2, 0.25) is 0 Å². The number of thiophene rings is 1. The van der Waals surface area contributed by atoms with Crippen molar-refractivity contribution in [2.24, 2.45) is 0 Å². The van der Waals surface area contributed by atoms with Crippen LogP contribution < -0.4 is 5.32 Å². The fraction of sp³-hybridized carbons (Fsp3) is 0.312. The van der Waals surface area contributed by atoms with Crippen molar-refractivity contribution in [3.05, 3.63) is 51.6 Å². The molecule has 1 aromatic carbocycles. The molecular formula is C16H16ClFN2O4S2. The van der Waals surface area contributed by atoms with E-state index < -0.39 is 21.7 Å². The molecule has 1 aromatic heterocycles. The summed E-state index contributed by atoms with van der Waals surface area (Å²) >= 11 is 6.77. The molecule has 1 aliphatic heterocycles. The zero-order chi connectivity index (χ0) is 18.7. The first-order valence-corrected chi connectivity index (χ1v) is 10.4. The van der Waals surface area contributed by atoms with Gasteiger partial charge in [-0.25, -0.2) is 12.8 Å². The van der Waals surface area contributed by atoms with Gasteiger partial charge < -0.3 is 10.1 Å². The molecule has 0 radical (unpaired) electrons. The van der Waals surface area contributed by atoms with Crippen molar-refractivity contribution in [1.82, 2.24) is 9.62 Å². The molecule has 0 bridgehead atoms. The van der Waals surface area contributed by atoms with Crippen molar-refractivity contribution < 1.29 is 22.3 Å². The highest BCUT2D eigenvalue weighted by Gasteiger charge is 2.27. The number of benzene rings is 1. The molecule has 0 saturated carbocycles. The first-order valence-electron chi connectivity index (χ1n) is 7.78. The Bertz CT molecular complexity index is 911.